The molecule has 162 valence electrons. The van der Waals surface area contributed by atoms with E-state index < -0.39 is 11.6 Å². The lowest BCUT2D eigenvalue weighted by Crippen LogP contribution is -2.20. The summed E-state index contributed by atoms with van der Waals surface area (Å²) in [6.45, 7) is 4.12. The van der Waals surface area contributed by atoms with E-state index in [1.54, 1.807) is 36.4 Å². The summed E-state index contributed by atoms with van der Waals surface area (Å²) in [6.07, 6.45) is 2.45. The van der Waals surface area contributed by atoms with Crippen molar-refractivity contribution in [1.29, 1.82) is 0 Å². The van der Waals surface area contributed by atoms with Crippen LogP contribution in [-0.2, 0) is 16.0 Å². The molecule has 3 rings (SSSR count). The summed E-state index contributed by atoms with van der Waals surface area (Å²) in [6, 6.07) is 13.1. The number of carbonyl (C=O) groups is 2. The lowest BCUT2D eigenvalue weighted by Gasteiger charge is -2.10. The molecule has 0 bridgehead atoms. The highest BCUT2D eigenvalue weighted by atomic mass is 16.5. The van der Waals surface area contributed by atoms with Crippen molar-refractivity contribution in [3.05, 3.63) is 70.1 Å². The SMILES string of the molecule is CCCOC(=O)c1ccc(NC(=O)COc2ccc3c(CCC)cc(=O)oc3c2)cc1. The number of benzene rings is 2. The van der Waals surface area contributed by atoms with Crippen LogP contribution in [0.5, 0.6) is 5.75 Å². The van der Waals surface area contributed by atoms with Gasteiger partial charge >= 0.3 is 11.6 Å². The smallest absolute Gasteiger partial charge is 0.338 e. The van der Waals surface area contributed by atoms with Crippen LogP contribution in [0.25, 0.3) is 11.0 Å². The standard InChI is InChI=1S/C24H25NO6/c1-3-5-17-13-23(27)31-21-14-19(10-11-20(17)21)30-15-22(26)25-18-8-6-16(7-9-18)24(28)29-12-4-2/h6-11,13-14H,3-5,12,15H2,1-2H3,(H,25,26). The first-order valence-electron chi connectivity index (χ1n) is 10.3. The highest BCUT2D eigenvalue weighted by Crippen LogP contribution is 2.23. The van der Waals surface area contributed by atoms with Crippen molar-refractivity contribution >= 4 is 28.5 Å². The summed E-state index contributed by atoms with van der Waals surface area (Å²) in [7, 11) is 0. The van der Waals surface area contributed by atoms with Gasteiger partial charge in [-0.05, 0) is 54.8 Å². The zero-order valence-electron chi connectivity index (χ0n) is 17.6. The van der Waals surface area contributed by atoms with Gasteiger partial charge in [-0.3, -0.25) is 4.79 Å². The van der Waals surface area contributed by atoms with Gasteiger partial charge in [-0.2, -0.15) is 0 Å². The van der Waals surface area contributed by atoms with Crippen molar-refractivity contribution < 1.29 is 23.5 Å². The third kappa shape index (κ3) is 5.94. The van der Waals surface area contributed by atoms with Crippen LogP contribution in [0.1, 0.15) is 42.6 Å². The monoisotopic (exact) mass is 423 g/mol. The first-order chi connectivity index (χ1) is 15.0. The maximum Gasteiger partial charge on any atom is 0.338 e. The van der Waals surface area contributed by atoms with Crippen LogP contribution in [0.4, 0.5) is 5.69 Å². The van der Waals surface area contributed by atoms with Crippen LogP contribution in [-0.4, -0.2) is 25.1 Å². The Balaban J connectivity index is 1.60. The molecule has 1 heterocycles. The molecule has 0 aliphatic carbocycles. The summed E-state index contributed by atoms with van der Waals surface area (Å²) in [5, 5.41) is 3.56. The number of rotatable bonds is 9. The predicted molar refractivity (Wildman–Crippen MR) is 118 cm³/mol. The average molecular weight is 423 g/mol. The maximum absolute atomic E-state index is 12.2. The predicted octanol–water partition coefficient (Wildman–Crippen LogP) is 4.33. The van der Waals surface area contributed by atoms with Crippen molar-refractivity contribution in [3.8, 4) is 5.75 Å². The van der Waals surface area contributed by atoms with E-state index in [0.717, 1.165) is 30.2 Å². The minimum atomic E-state index is -0.409. The Morgan fingerprint density at radius 2 is 1.77 bits per heavy atom. The number of anilines is 1. The molecule has 0 atom stereocenters. The second-order valence-electron chi connectivity index (χ2n) is 7.05. The van der Waals surface area contributed by atoms with Gasteiger partial charge < -0.3 is 19.2 Å². The quantitative estimate of drug-likeness (QED) is 0.407. The Hall–Kier alpha value is -3.61. The molecular weight excluding hydrogens is 398 g/mol. The van der Waals surface area contributed by atoms with Crippen molar-refractivity contribution in [1.82, 2.24) is 0 Å². The van der Waals surface area contributed by atoms with Gasteiger partial charge in [0.2, 0.25) is 0 Å². The van der Waals surface area contributed by atoms with Gasteiger partial charge in [0.15, 0.2) is 6.61 Å². The topological polar surface area (TPSA) is 94.8 Å². The van der Waals surface area contributed by atoms with E-state index in [4.69, 9.17) is 13.9 Å². The molecular formula is C24H25NO6. The van der Waals surface area contributed by atoms with E-state index in [1.807, 2.05) is 19.9 Å². The number of aryl methyl sites for hydroxylation is 1. The molecule has 31 heavy (non-hydrogen) atoms. The number of carbonyl (C=O) groups excluding carboxylic acids is 2. The zero-order valence-corrected chi connectivity index (χ0v) is 17.6. The van der Waals surface area contributed by atoms with Crippen molar-refractivity contribution in [2.45, 2.75) is 33.1 Å². The number of ether oxygens (including phenoxy) is 2. The number of hydrogen-bond donors (Lipinski definition) is 1. The zero-order chi connectivity index (χ0) is 22.2. The van der Waals surface area contributed by atoms with E-state index in [-0.39, 0.29) is 12.5 Å². The fourth-order valence-corrected chi connectivity index (χ4v) is 3.09. The molecule has 0 spiro atoms. The Bertz CT molecular complexity index is 1120. The summed E-state index contributed by atoms with van der Waals surface area (Å²) in [4.78, 5) is 35.8. The second-order valence-corrected chi connectivity index (χ2v) is 7.05. The van der Waals surface area contributed by atoms with Gasteiger partial charge in [0.1, 0.15) is 11.3 Å². The average Bonchev–Trinajstić information content (AvgIpc) is 2.76. The van der Waals surface area contributed by atoms with E-state index in [9.17, 15) is 14.4 Å². The summed E-state index contributed by atoms with van der Waals surface area (Å²) >= 11 is 0. The third-order valence-corrected chi connectivity index (χ3v) is 4.53. The summed E-state index contributed by atoms with van der Waals surface area (Å²) in [5.74, 6) is -0.329. The number of esters is 1. The fourth-order valence-electron chi connectivity index (χ4n) is 3.09. The number of hydrogen-bond acceptors (Lipinski definition) is 6. The van der Waals surface area contributed by atoms with Crippen LogP contribution in [0.2, 0.25) is 0 Å². The maximum atomic E-state index is 12.2. The van der Waals surface area contributed by atoms with Gasteiger partial charge in [0.25, 0.3) is 5.91 Å². The Morgan fingerprint density at radius 3 is 2.48 bits per heavy atom. The molecule has 0 saturated carbocycles. The minimum absolute atomic E-state index is 0.218. The Labute approximate surface area is 180 Å². The van der Waals surface area contributed by atoms with Crippen LogP contribution in [0, 0.1) is 0 Å². The van der Waals surface area contributed by atoms with Gasteiger partial charge in [0.05, 0.1) is 12.2 Å². The number of fused-ring (bicyclic) bond motifs is 1. The normalized spacial score (nSPS) is 10.6. The van der Waals surface area contributed by atoms with Gasteiger partial charge in [-0.25, -0.2) is 9.59 Å². The molecule has 2 aromatic carbocycles. The molecule has 0 aliphatic rings. The van der Waals surface area contributed by atoms with Crippen LogP contribution < -0.4 is 15.7 Å². The van der Waals surface area contributed by atoms with Crippen molar-refractivity contribution in [2.24, 2.45) is 0 Å². The van der Waals surface area contributed by atoms with Crippen molar-refractivity contribution in [3.63, 3.8) is 0 Å². The summed E-state index contributed by atoms with van der Waals surface area (Å²) < 4.78 is 15.9. The third-order valence-electron chi connectivity index (χ3n) is 4.53. The molecule has 7 heteroatoms. The van der Waals surface area contributed by atoms with E-state index >= 15 is 0 Å². The molecule has 1 amide bonds. The molecule has 7 nitrogen and oxygen atoms in total. The highest BCUT2D eigenvalue weighted by Gasteiger charge is 2.10. The second kappa shape index (κ2) is 10.4. The van der Waals surface area contributed by atoms with Gasteiger partial charge in [-0.15, -0.1) is 0 Å². The van der Waals surface area contributed by atoms with E-state index in [2.05, 4.69) is 5.32 Å². The van der Waals surface area contributed by atoms with Crippen molar-refractivity contribution in [2.75, 3.05) is 18.5 Å². The Morgan fingerprint density at radius 1 is 1.00 bits per heavy atom. The molecule has 0 aliphatic heterocycles. The first kappa shape index (κ1) is 22.1. The van der Waals surface area contributed by atoms with Crippen LogP contribution >= 0.6 is 0 Å². The molecule has 1 N–H and O–H groups in total. The van der Waals surface area contributed by atoms with E-state index in [0.29, 0.717) is 29.2 Å². The first-order valence-corrected chi connectivity index (χ1v) is 10.3. The van der Waals surface area contributed by atoms with Crippen LogP contribution in [0.15, 0.2) is 57.7 Å². The Kier molecular flexibility index (Phi) is 7.43. The number of nitrogens with one attached hydrogen (secondary N) is 1. The number of amides is 1. The minimum Gasteiger partial charge on any atom is -0.484 e. The molecule has 0 unspecified atom stereocenters. The molecule has 1 aromatic heterocycles. The largest absolute Gasteiger partial charge is 0.484 e. The molecule has 3 aromatic rings. The van der Waals surface area contributed by atoms with E-state index in [1.165, 1.54) is 6.07 Å². The molecule has 0 saturated heterocycles. The lowest BCUT2D eigenvalue weighted by atomic mass is 10.1. The molecule has 0 radical (unpaired) electrons. The summed E-state index contributed by atoms with van der Waals surface area (Å²) in [5.41, 5.74) is 1.91. The van der Waals surface area contributed by atoms with Gasteiger partial charge in [0, 0.05) is 23.2 Å². The van der Waals surface area contributed by atoms with Crippen LogP contribution in [0.3, 0.4) is 0 Å². The van der Waals surface area contributed by atoms with Gasteiger partial charge in [-0.1, -0.05) is 20.3 Å². The highest BCUT2D eigenvalue weighted by molar-refractivity contribution is 5.93. The fraction of sp³-hybridized carbons (Fsp3) is 0.292. The lowest BCUT2D eigenvalue weighted by molar-refractivity contribution is -0.118. The molecule has 0 fully saturated rings.